The molecular formula is C23H19ClN4O2S. The number of thioether (sulfide) groups is 1. The molecule has 6 nitrogen and oxygen atoms in total. The molecule has 0 aliphatic rings. The lowest BCUT2D eigenvalue weighted by atomic mass is 10.2. The molecular weight excluding hydrogens is 432 g/mol. The van der Waals surface area contributed by atoms with Crippen molar-refractivity contribution in [3.8, 4) is 22.8 Å². The monoisotopic (exact) mass is 450 g/mol. The highest BCUT2D eigenvalue weighted by Crippen LogP contribution is 2.32. The number of halogens is 1. The molecule has 0 fully saturated rings. The topological polar surface area (TPSA) is 80.0 Å². The minimum Gasteiger partial charge on any atom is -0.507 e. The minimum atomic E-state index is -0.168. The van der Waals surface area contributed by atoms with E-state index in [0.29, 0.717) is 27.3 Å². The van der Waals surface area contributed by atoms with E-state index in [1.165, 1.54) is 11.8 Å². The van der Waals surface area contributed by atoms with E-state index in [1.54, 1.807) is 30.3 Å². The zero-order valence-electron chi connectivity index (χ0n) is 16.6. The van der Waals surface area contributed by atoms with Crippen molar-refractivity contribution < 1.29 is 9.90 Å². The minimum absolute atomic E-state index is 0.111. The Bertz CT molecular complexity index is 1230. The number of aromatic nitrogens is 3. The Hall–Kier alpha value is -3.29. The molecule has 4 rings (SSSR count). The Morgan fingerprint density at radius 2 is 1.81 bits per heavy atom. The number of phenols is 1. The number of amides is 1. The summed E-state index contributed by atoms with van der Waals surface area (Å²) in [6.45, 7) is 1.88. The number of rotatable bonds is 6. The zero-order valence-corrected chi connectivity index (χ0v) is 18.2. The first kappa shape index (κ1) is 21.0. The number of nitrogens with zero attached hydrogens (tertiary/aromatic N) is 3. The summed E-state index contributed by atoms with van der Waals surface area (Å²) in [6.07, 6.45) is 0. The van der Waals surface area contributed by atoms with Crippen LogP contribution in [-0.4, -0.2) is 31.5 Å². The molecule has 4 aromatic rings. The van der Waals surface area contributed by atoms with Crippen molar-refractivity contribution in [2.45, 2.75) is 12.1 Å². The average molecular weight is 451 g/mol. The number of carbonyl (C=O) groups excluding carboxylic acids is 1. The lowest BCUT2D eigenvalue weighted by Crippen LogP contribution is -2.14. The van der Waals surface area contributed by atoms with Gasteiger partial charge in [0.2, 0.25) is 5.91 Å². The summed E-state index contributed by atoms with van der Waals surface area (Å²) in [7, 11) is 0. The van der Waals surface area contributed by atoms with Gasteiger partial charge in [-0.15, -0.1) is 10.2 Å². The van der Waals surface area contributed by atoms with Crippen LogP contribution in [-0.2, 0) is 4.79 Å². The molecule has 0 aliphatic heterocycles. The van der Waals surface area contributed by atoms with Gasteiger partial charge in [0.25, 0.3) is 0 Å². The first-order valence-corrected chi connectivity index (χ1v) is 10.9. The van der Waals surface area contributed by atoms with Gasteiger partial charge in [-0.05, 0) is 55.0 Å². The van der Waals surface area contributed by atoms with Gasteiger partial charge in [-0.3, -0.25) is 9.36 Å². The van der Waals surface area contributed by atoms with Gasteiger partial charge in [-0.25, -0.2) is 0 Å². The number of phenolic OH excluding ortho intramolecular Hbond substituents is 1. The van der Waals surface area contributed by atoms with Crippen LogP contribution in [0.4, 0.5) is 5.69 Å². The third-order valence-electron chi connectivity index (χ3n) is 4.57. The van der Waals surface area contributed by atoms with Crippen LogP contribution >= 0.6 is 23.4 Å². The SMILES string of the molecule is Cc1cc(NC(=O)CSc2nnc(-c3ccccc3O)n2-c2ccccc2)ccc1Cl. The van der Waals surface area contributed by atoms with Crippen molar-refractivity contribution in [1.82, 2.24) is 14.8 Å². The zero-order chi connectivity index (χ0) is 21.8. The Kier molecular flexibility index (Phi) is 6.25. The second-order valence-electron chi connectivity index (χ2n) is 6.80. The Morgan fingerprint density at radius 3 is 2.55 bits per heavy atom. The van der Waals surface area contributed by atoms with Crippen LogP contribution in [0, 0.1) is 6.92 Å². The number of benzene rings is 3. The van der Waals surface area contributed by atoms with Crippen LogP contribution in [0.5, 0.6) is 5.75 Å². The molecule has 0 atom stereocenters. The van der Waals surface area contributed by atoms with Gasteiger partial charge in [0, 0.05) is 16.4 Å². The number of anilines is 1. The van der Waals surface area contributed by atoms with Crippen LogP contribution in [0.2, 0.25) is 5.02 Å². The third kappa shape index (κ3) is 4.73. The van der Waals surface area contributed by atoms with E-state index in [2.05, 4.69) is 15.5 Å². The highest BCUT2D eigenvalue weighted by Gasteiger charge is 2.19. The molecule has 0 saturated carbocycles. The van der Waals surface area contributed by atoms with Gasteiger partial charge in [0.15, 0.2) is 11.0 Å². The Labute approximate surface area is 188 Å². The standard InChI is InChI=1S/C23H19ClN4O2S/c1-15-13-16(11-12-19(15)24)25-21(30)14-31-23-27-26-22(18-9-5-6-10-20(18)29)28(23)17-7-3-2-4-8-17/h2-13,29H,14H2,1H3,(H,25,30). The first-order chi connectivity index (χ1) is 15.0. The Morgan fingerprint density at radius 1 is 1.06 bits per heavy atom. The molecule has 8 heteroatoms. The van der Waals surface area contributed by atoms with Crippen LogP contribution < -0.4 is 5.32 Å². The van der Waals surface area contributed by atoms with Crippen LogP contribution in [0.25, 0.3) is 17.1 Å². The van der Waals surface area contributed by atoms with E-state index in [0.717, 1.165) is 11.3 Å². The van der Waals surface area contributed by atoms with E-state index in [-0.39, 0.29) is 17.4 Å². The lowest BCUT2D eigenvalue weighted by Gasteiger charge is -2.11. The number of hydrogen-bond acceptors (Lipinski definition) is 5. The molecule has 156 valence electrons. The van der Waals surface area contributed by atoms with Crippen molar-refractivity contribution in [3.05, 3.63) is 83.4 Å². The summed E-state index contributed by atoms with van der Waals surface area (Å²) >= 11 is 7.31. The Balaban J connectivity index is 1.59. The van der Waals surface area contributed by atoms with Crippen molar-refractivity contribution in [2.75, 3.05) is 11.1 Å². The molecule has 0 unspecified atom stereocenters. The highest BCUT2D eigenvalue weighted by atomic mass is 35.5. The molecule has 1 heterocycles. The molecule has 31 heavy (non-hydrogen) atoms. The summed E-state index contributed by atoms with van der Waals surface area (Å²) in [6, 6.07) is 21.9. The maximum atomic E-state index is 12.5. The van der Waals surface area contributed by atoms with Crippen LogP contribution in [0.3, 0.4) is 0 Å². The van der Waals surface area contributed by atoms with Gasteiger partial charge in [-0.1, -0.05) is 53.7 Å². The summed E-state index contributed by atoms with van der Waals surface area (Å²) < 4.78 is 1.83. The lowest BCUT2D eigenvalue weighted by molar-refractivity contribution is -0.113. The average Bonchev–Trinajstić information content (AvgIpc) is 3.19. The number of aryl methyl sites for hydroxylation is 1. The number of para-hydroxylation sites is 2. The largest absolute Gasteiger partial charge is 0.507 e. The summed E-state index contributed by atoms with van der Waals surface area (Å²) in [4.78, 5) is 12.5. The van der Waals surface area contributed by atoms with E-state index in [1.807, 2.05) is 54.0 Å². The number of nitrogens with one attached hydrogen (secondary N) is 1. The van der Waals surface area contributed by atoms with Crippen LogP contribution in [0.1, 0.15) is 5.56 Å². The smallest absolute Gasteiger partial charge is 0.234 e. The first-order valence-electron chi connectivity index (χ1n) is 9.51. The molecule has 0 radical (unpaired) electrons. The van der Waals surface area contributed by atoms with E-state index in [4.69, 9.17) is 11.6 Å². The van der Waals surface area contributed by atoms with Gasteiger partial charge in [0.1, 0.15) is 5.75 Å². The molecule has 0 aliphatic carbocycles. The second kappa shape index (κ2) is 9.24. The van der Waals surface area contributed by atoms with Crippen molar-refractivity contribution in [3.63, 3.8) is 0 Å². The summed E-state index contributed by atoms with van der Waals surface area (Å²) in [5, 5.41) is 23.0. The maximum absolute atomic E-state index is 12.5. The molecule has 1 aromatic heterocycles. The fourth-order valence-electron chi connectivity index (χ4n) is 3.06. The van der Waals surface area contributed by atoms with Gasteiger partial charge < -0.3 is 10.4 Å². The predicted octanol–water partition coefficient (Wildman–Crippen LogP) is 5.33. The van der Waals surface area contributed by atoms with Crippen molar-refractivity contribution in [1.29, 1.82) is 0 Å². The van der Waals surface area contributed by atoms with Gasteiger partial charge in [0.05, 0.1) is 11.3 Å². The molecule has 2 N–H and O–H groups in total. The van der Waals surface area contributed by atoms with Gasteiger partial charge >= 0.3 is 0 Å². The highest BCUT2D eigenvalue weighted by molar-refractivity contribution is 7.99. The molecule has 1 amide bonds. The number of hydrogen-bond donors (Lipinski definition) is 2. The van der Waals surface area contributed by atoms with E-state index in [9.17, 15) is 9.90 Å². The molecule has 0 saturated heterocycles. The maximum Gasteiger partial charge on any atom is 0.234 e. The van der Waals surface area contributed by atoms with Crippen molar-refractivity contribution in [2.24, 2.45) is 0 Å². The summed E-state index contributed by atoms with van der Waals surface area (Å²) in [5.74, 6) is 0.589. The molecule has 0 spiro atoms. The fraction of sp³-hybridized carbons (Fsp3) is 0.0870. The normalized spacial score (nSPS) is 10.8. The summed E-state index contributed by atoms with van der Waals surface area (Å²) in [5.41, 5.74) is 2.98. The quantitative estimate of drug-likeness (QED) is 0.388. The number of carbonyl (C=O) groups is 1. The third-order valence-corrected chi connectivity index (χ3v) is 5.92. The number of aromatic hydroxyl groups is 1. The van der Waals surface area contributed by atoms with Gasteiger partial charge in [-0.2, -0.15) is 0 Å². The second-order valence-corrected chi connectivity index (χ2v) is 8.14. The predicted molar refractivity (Wildman–Crippen MR) is 124 cm³/mol. The van der Waals surface area contributed by atoms with E-state index >= 15 is 0 Å². The molecule has 0 bridgehead atoms. The molecule has 3 aromatic carbocycles. The fourth-order valence-corrected chi connectivity index (χ4v) is 3.93. The van der Waals surface area contributed by atoms with Crippen LogP contribution in [0.15, 0.2) is 78.0 Å². The van der Waals surface area contributed by atoms with E-state index < -0.39 is 0 Å². The van der Waals surface area contributed by atoms with Crippen molar-refractivity contribution >= 4 is 35.0 Å².